The predicted octanol–water partition coefficient (Wildman–Crippen LogP) is 5.29. The van der Waals surface area contributed by atoms with Crippen molar-refractivity contribution in [1.29, 1.82) is 0 Å². The highest BCUT2D eigenvalue weighted by atomic mass is 16.5. The van der Waals surface area contributed by atoms with Crippen LogP contribution in [0.2, 0.25) is 0 Å². The van der Waals surface area contributed by atoms with Gasteiger partial charge in [-0.25, -0.2) is 0 Å². The zero-order valence-electron chi connectivity index (χ0n) is 19.5. The lowest BCUT2D eigenvalue weighted by Crippen LogP contribution is -2.22. The molecule has 172 valence electrons. The fourth-order valence-corrected chi connectivity index (χ4v) is 3.59. The van der Waals surface area contributed by atoms with E-state index in [1.807, 2.05) is 20.8 Å². The molecule has 0 aliphatic carbocycles. The van der Waals surface area contributed by atoms with E-state index in [-0.39, 0.29) is 42.7 Å². The molecule has 0 aromatic heterocycles. The largest absolute Gasteiger partial charge is 0.507 e. The van der Waals surface area contributed by atoms with Crippen molar-refractivity contribution in [2.45, 2.75) is 60.5 Å². The molecule has 2 rings (SSSR count). The van der Waals surface area contributed by atoms with E-state index in [1.54, 1.807) is 43.3 Å². The number of benzene rings is 2. The predicted molar refractivity (Wildman–Crippen MR) is 122 cm³/mol. The van der Waals surface area contributed by atoms with E-state index in [9.17, 15) is 19.5 Å². The highest BCUT2D eigenvalue weighted by Gasteiger charge is 2.26. The van der Waals surface area contributed by atoms with Gasteiger partial charge in [-0.05, 0) is 61.6 Å². The van der Waals surface area contributed by atoms with Crippen molar-refractivity contribution in [2.75, 3.05) is 6.61 Å². The molecule has 32 heavy (non-hydrogen) atoms. The molecule has 0 heterocycles. The van der Waals surface area contributed by atoms with Crippen LogP contribution in [0.3, 0.4) is 0 Å². The Bertz CT molecular complexity index is 973. The number of rotatable bonds is 11. The lowest BCUT2D eigenvalue weighted by molar-refractivity contribution is -0.145. The Morgan fingerprint density at radius 3 is 2.19 bits per heavy atom. The average Bonchev–Trinajstić information content (AvgIpc) is 2.71. The number of ether oxygens (including phenoxy) is 2. The van der Waals surface area contributed by atoms with E-state index < -0.39 is 5.41 Å². The van der Waals surface area contributed by atoms with Crippen LogP contribution in [0.1, 0.15) is 79.3 Å². The fourth-order valence-electron chi connectivity index (χ4n) is 3.59. The number of hydrogen-bond donors (Lipinski definition) is 1. The van der Waals surface area contributed by atoms with E-state index in [0.717, 1.165) is 5.56 Å². The topological polar surface area (TPSA) is 89.9 Å². The van der Waals surface area contributed by atoms with Gasteiger partial charge in [0, 0.05) is 17.5 Å². The molecule has 0 radical (unpaired) electrons. The maximum Gasteiger partial charge on any atom is 0.306 e. The van der Waals surface area contributed by atoms with Crippen LogP contribution in [-0.2, 0) is 22.6 Å². The van der Waals surface area contributed by atoms with E-state index in [4.69, 9.17) is 9.47 Å². The molecule has 0 bridgehead atoms. The molecule has 6 nitrogen and oxygen atoms in total. The number of phenols is 1. The van der Waals surface area contributed by atoms with Crippen molar-refractivity contribution in [3.63, 3.8) is 0 Å². The molecule has 0 saturated carbocycles. The van der Waals surface area contributed by atoms with E-state index >= 15 is 0 Å². The van der Waals surface area contributed by atoms with E-state index in [2.05, 4.69) is 0 Å². The lowest BCUT2D eigenvalue weighted by Gasteiger charge is -2.22. The number of phenolic OH excluding ortho intramolecular Hbond substituents is 1. The van der Waals surface area contributed by atoms with Crippen LogP contribution in [0, 0.1) is 5.41 Å². The van der Waals surface area contributed by atoms with Crippen LogP contribution < -0.4 is 4.74 Å². The van der Waals surface area contributed by atoms with Crippen LogP contribution in [0.4, 0.5) is 0 Å². The van der Waals surface area contributed by atoms with Crippen LogP contribution in [0.15, 0.2) is 36.4 Å². The summed E-state index contributed by atoms with van der Waals surface area (Å²) >= 11 is 0. The Labute approximate surface area is 189 Å². The van der Waals surface area contributed by atoms with Crippen molar-refractivity contribution in [3.8, 4) is 11.5 Å². The third-order valence-corrected chi connectivity index (χ3v) is 5.25. The lowest BCUT2D eigenvalue weighted by atomic mass is 9.82. The molecule has 2 aromatic carbocycles. The zero-order valence-corrected chi connectivity index (χ0v) is 19.5. The summed E-state index contributed by atoms with van der Waals surface area (Å²) in [5, 5.41) is 10.4. The summed E-state index contributed by atoms with van der Waals surface area (Å²) in [4.78, 5) is 36.0. The van der Waals surface area contributed by atoms with Gasteiger partial charge in [0.05, 0.1) is 18.6 Å². The van der Waals surface area contributed by atoms with Gasteiger partial charge in [0.15, 0.2) is 11.6 Å². The van der Waals surface area contributed by atoms with Gasteiger partial charge >= 0.3 is 5.97 Å². The second-order valence-electron chi connectivity index (χ2n) is 8.57. The standard InChI is InChI=1S/C26H32O6/c1-6-21-19(10-13-22(17(3)27)25(21)30)16-32-20-11-8-18(9-12-20)23(28)14-26(4,5)15-24(29)31-7-2/h8-13,30H,6-7,14-16H2,1-5H3. The highest BCUT2D eigenvalue weighted by molar-refractivity contribution is 5.97. The zero-order chi connectivity index (χ0) is 23.9. The van der Waals surface area contributed by atoms with Crippen molar-refractivity contribution >= 4 is 17.5 Å². The first-order valence-electron chi connectivity index (χ1n) is 10.8. The minimum atomic E-state index is -0.497. The summed E-state index contributed by atoms with van der Waals surface area (Å²) in [6, 6.07) is 10.3. The summed E-state index contributed by atoms with van der Waals surface area (Å²) < 4.78 is 10.8. The molecule has 0 aliphatic rings. The maximum absolute atomic E-state index is 12.6. The summed E-state index contributed by atoms with van der Waals surface area (Å²) in [5.74, 6) is 0.0547. The summed E-state index contributed by atoms with van der Waals surface area (Å²) in [7, 11) is 0. The number of aromatic hydroxyl groups is 1. The van der Waals surface area contributed by atoms with Gasteiger partial charge in [-0.1, -0.05) is 26.8 Å². The van der Waals surface area contributed by atoms with Crippen LogP contribution >= 0.6 is 0 Å². The first-order valence-corrected chi connectivity index (χ1v) is 10.8. The minimum Gasteiger partial charge on any atom is -0.507 e. The number of esters is 1. The van der Waals surface area contributed by atoms with Crippen molar-refractivity contribution < 1.29 is 29.0 Å². The Kier molecular flexibility index (Phi) is 8.58. The molecule has 0 saturated heterocycles. The van der Waals surface area contributed by atoms with Crippen LogP contribution in [0.25, 0.3) is 0 Å². The van der Waals surface area contributed by atoms with Crippen LogP contribution in [-0.4, -0.2) is 29.2 Å². The third kappa shape index (κ3) is 6.67. The van der Waals surface area contributed by atoms with Gasteiger partial charge in [-0.15, -0.1) is 0 Å². The smallest absolute Gasteiger partial charge is 0.306 e. The van der Waals surface area contributed by atoms with Gasteiger partial charge in [0.1, 0.15) is 18.1 Å². The molecule has 6 heteroatoms. The fraction of sp³-hybridized carbons (Fsp3) is 0.423. The molecular weight excluding hydrogens is 408 g/mol. The van der Waals surface area contributed by atoms with E-state index in [0.29, 0.717) is 35.5 Å². The molecule has 0 fully saturated rings. The average molecular weight is 441 g/mol. The molecule has 0 aliphatic heterocycles. The molecule has 0 amide bonds. The number of hydrogen-bond acceptors (Lipinski definition) is 6. The van der Waals surface area contributed by atoms with Crippen molar-refractivity contribution in [3.05, 3.63) is 58.7 Å². The quantitative estimate of drug-likeness (QED) is 0.377. The van der Waals surface area contributed by atoms with Gasteiger partial charge in [0.25, 0.3) is 0 Å². The van der Waals surface area contributed by atoms with Gasteiger partial charge < -0.3 is 14.6 Å². The third-order valence-electron chi connectivity index (χ3n) is 5.25. The summed E-state index contributed by atoms with van der Waals surface area (Å²) in [5.41, 5.74) is 1.85. The summed E-state index contributed by atoms with van der Waals surface area (Å²) in [6.45, 7) is 9.39. The van der Waals surface area contributed by atoms with E-state index in [1.165, 1.54) is 6.92 Å². The SMILES string of the molecule is CCOC(=O)CC(C)(C)CC(=O)c1ccc(OCc2ccc(C(C)=O)c(O)c2CC)cc1. The number of ketones is 2. The molecular formula is C26H32O6. The molecule has 0 atom stereocenters. The van der Waals surface area contributed by atoms with Gasteiger partial charge in [0.2, 0.25) is 0 Å². The first kappa shape index (κ1) is 25.1. The minimum absolute atomic E-state index is 0.00692. The van der Waals surface area contributed by atoms with Crippen molar-refractivity contribution in [1.82, 2.24) is 0 Å². The first-order chi connectivity index (χ1) is 15.1. The monoisotopic (exact) mass is 440 g/mol. The molecule has 2 aromatic rings. The normalized spacial score (nSPS) is 11.2. The maximum atomic E-state index is 12.6. The molecule has 0 spiro atoms. The van der Waals surface area contributed by atoms with Gasteiger partial charge in [-0.3, -0.25) is 14.4 Å². The second-order valence-corrected chi connectivity index (χ2v) is 8.57. The summed E-state index contributed by atoms with van der Waals surface area (Å²) in [6.07, 6.45) is 0.983. The Balaban J connectivity index is 2.03. The number of Topliss-reactive ketones (excluding diaryl/α,β-unsaturated/α-hetero) is 2. The Morgan fingerprint density at radius 2 is 1.62 bits per heavy atom. The van der Waals surface area contributed by atoms with Crippen molar-refractivity contribution in [2.24, 2.45) is 5.41 Å². The second kappa shape index (κ2) is 10.9. The van der Waals surface area contributed by atoms with Gasteiger partial charge in [-0.2, -0.15) is 0 Å². The van der Waals surface area contributed by atoms with Crippen LogP contribution in [0.5, 0.6) is 11.5 Å². The Morgan fingerprint density at radius 1 is 0.969 bits per heavy atom. The molecule has 0 unspecified atom stereocenters. The Hall–Kier alpha value is -3.15. The number of carbonyl (C=O) groups is 3. The molecule has 1 N–H and O–H groups in total. The number of carbonyl (C=O) groups excluding carboxylic acids is 3. The highest BCUT2D eigenvalue weighted by Crippen LogP contribution is 2.30.